The topological polar surface area (TPSA) is 83.4 Å². The van der Waals surface area contributed by atoms with Crippen LogP contribution < -0.4 is 10.1 Å². The Hall–Kier alpha value is -3.17. The third-order valence-corrected chi connectivity index (χ3v) is 5.04. The zero-order valence-electron chi connectivity index (χ0n) is 16.1. The maximum atomic E-state index is 12.9. The van der Waals surface area contributed by atoms with Gasteiger partial charge in [0.05, 0.1) is 12.2 Å². The number of carbonyl (C=O) groups is 1. The average Bonchev–Trinajstić information content (AvgIpc) is 3.44. The number of fused-ring (bicyclic) bond motifs is 1. The number of amides is 2. The van der Waals surface area contributed by atoms with Gasteiger partial charge in [-0.05, 0) is 49.4 Å². The van der Waals surface area contributed by atoms with E-state index in [0.717, 1.165) is 25.9 Å². The minimum atomic E-state index is -4.79. The van der Waals surface area contributed by atoms with Crippen molar-refractivity contribution in [3.63, 3.8) is 0 Å². The van der Waals surface area contributed by atoms with Crippen LogP contribution >= 0.6 is 0 Å². The lowest BCUT2D eigenvalue weighted by atomic mass is 10.1. The zero-order chi connectivity index (χ0) is 21.1. The summed E-state index contributed by atoms with van der Waals surface area (Å²) >= 11 is 0. The zero-order valence-corrected chi connectivity index (χ0v) is 16.1. The molecule has 7 nitrogen and oxygen atoms in total. The lowest BCUT2D eigenvalue weighted by molar-refractivity contribution is -0.274. The van der Waals surface area contributed by atoms with E-state index >= 15 is 0 Å². The van der Waals surface area contributed by atoms with Gasteiger partial charge in [-0.25, -0.2) is 9.78 Å². The first-order valence-electron chi connectivity index (χ1n) is 9.67. The quantitative estimate of drug-likeness (QED) is 0.625. The van der Waals surface area contributed by atoms with E-state index in [2.05, 4.69) is 20.0 Å². The third-order valence-electron chi connectivity index (χ3n) is 5.04. The van der Waals surface area contributed by atoms with Crippen LogP contribution in [0.4, 0.5) is 18.0 Å². The molecule has 1 saturated heterocycles. The normalized spacial score (nSPS) is 14.4. The Morgan fingerprint density at radius 2 is 2.03 bits per heavy atom. The average molecular weight is 422 g/mol. The van der Waals surface area contributed by atoms with Crippen molar-refractivity contribution in [1.82, 2.24) is 20.2 Å². The molecule has 0 saturated carbocycles. The number of urea groups is 1. The summed E-state index contributed by atoms with van der Waals surface area (Å²) in [7, 11) is 0. The first kappa shape index (κ1) is 20.1. The number of halogens is 3. The van der Waals surface area contributed by atoms with E-state index in [1.54, 1.807) is 17.0 Å². The van der Waals surface area contributed by atoms with E-state index in [9.17, 15) is 18.0 Å². The number of oxazole rings is 1. The molecule has 1 aliphatic rings. The molecule has 1 aromatic carbocycles. The summed E-state index contributed by atoms with van der Waals surface area (Å²) in [6.45, 7) is 1.74. The number of hydrogen-bond donors (Lipinski definition) is 2. The largest absolute Gasteiger partial charge is 0.573 e. The SMILES string of the molecule is O=C(NCc1cc2cc(OC(F)(F)F)c(CCc3cocn3)cc2[nH]1)N1CCCC1. The molecule has 3 aromatic rings. The summed E-state index contributed by atoms with van der Waals surface area (Å²) in [6.07, 6.45) is 0.651. The second-order valence-electron chi connectivity index (χ2n) is 7.22. The Kier molecular flexibility index (Phi) is 5.56. The fourth-order valence-electron chi connectivity index (χ4n) is 3.60. The molecule has 0 bridgehead atoms. The minimum absolute atomic E-state index is 0.138. The smallest absolute Gasteiger partial charge is 0.451 e. The molecule has 0 spiro atoms. The van der Waals surface area contributed by atoms with Gasteiger partial charge in [0, 0.05) is 29.7 Å². The van der Waals surface area contributed by atoms with Gasteiger partial charge in [0.15, 0.2) is 6.39 Å². The molecule has 2 N–H and O–H groups in total. The van der Waals surface area contributed by atoms with Gasteiger partial charge in [-0.1, -0.05) is 0 Å². The van der Waals surface area contributed by atoms with Gasteiger partial charge >= 0.3 is 12.4 Å². The second kappa shape index (κ2) is 8.29. The van der Waals surface area contributed by atoms with Crippen LogP contribution in [0.2, 0.25) is 0 Å². The summed E-state index contributed by atoms with van der Waals surface area (Å²) in [5, 5.41) is 3.41. The molecule has 160 valence electrons. The molecule has 1 fully saturated rings. The molecule has 10 heteroatoms. The van der Waals surface area contributed by atoms with Crippen LogP contribution in [0, 0.1) is 0 Å². The van der Waals surface area contributed by atoms with Crippen LogP contribution in [0.1, 0.15) is 29.8 Å². The van der Waals surface area contributed by atoms with Gasteiger partial charge in [0.2, 0.25) is 0 Å². The number of alkyl halides is 3. The minimum Gasteiger partial charge on any atom is -0.451 e. The summed E-state index contributed by atoms with van der Waals surface area (Å²) < 4.78 is 47.8. The van der Waals surface area contributed by atoms with Crippen LogP contribution in [-0.2, 0) is 19.4 Å². The van der Waals surface area contributed by atoms with Gasteiger partial charge in [0.1, 0.15) is 12.0 Å². The summed E-state index contributed by atoms with van der Waals surface area (Å²) in [6, 6.07) is 4.58. The van der Waals surface area contributed by atoms with E-state index in [1.165, 1.54) is 18.7 Å². The Morgan fingerprint density at radius 3 is 2.73 bits per heavy atom. The molecular formula is C20H21F3N4O3. The number of benzene rings is 1. The molecule has 30 heavy (non-hydrogen) atoms. The fraction of sp³-hybridized carbons (Fsp3) is 0.400. The molecule has 0 radical (unpaired) electrons. The molecular weight excluding hydrogens is 401 g/mol. The van der Waals surface area contributed by atoms with Gasteiger partial charge in [0.25, 0.3) is 0 Å². The van der Waals surface area contributed by atoms with Crippen molar-refractivity contribution in [3.8, 4) is 5.75 Å². The number of nitrogens with one attached hydrogen (secondary N) is 2. The Balaban J connectivity index is 1.52. The van der Waals surface area contributed by atoms with Crippen LogP contribution in [-0.4, -0.2) is 40.4 Å². The maximum Gasteiger partial charge on any atom is 0.573 e. The van der Waals surface area contributed by atoms with Crippen molar-refractivity contribution >= 4 is 16.9 Å². The number of aryl methyl sites for hydroxylation is 2. The summed E-state index contributed by atoms with van der Waals surface area (Å²) in [5.74, 6) is -0.245. The van der Waals surface area contributed by atoms with Gasteiger partial charge in [-0.3, -0.25) is 0 Å². The molecule has 4 rings (SSSR count). The summed E-state index contributed by atoms with van der Waals surface area (Å²) in [4.78, 5) is 21.0. The number of carbonyl (C=O) groups excluding carboxylic acids is 1. The summed E-state index contributed by atoms with van der Waals surface area (Å²) in [5.41, 5.74) is 2.41. The molecule has 0 atom stereocenters. The first-order valence-corrected chi connectivity index (χ1v) is 9.67. The number of aromatic amines is 1. The van der Waals surface area contributed by atoms with E-state index in [0.29, 0.717) is 40.7 Å². The van der Waals surface area contributed by atoms with Crippen LogP contribution in [0.3, 0.4) is 0 Å². The monoisotopic (exact) mass is 422 g/mol. The second-order valence-corrected chi connectivity index (χ2v) is 7.22. The van der Waals surface area contributed by atoms with Crippen molar-refractivity contribution < 1.29 is 27.1 Å². The number of nitrogens with zero attached hydrogens (tertiary/aromatic N) is 2. The van der Waals surface area contributed by atoms with Crippen molar-refractivity contribution in [2.45, 2.75) is 38.6 Å². The van der Waals surface area contributed by atoms with Gasteiger partial charge in [-0.2, -0.15) is 0 Å². The number of aromatic nitrogens is 2. The van der Waals surface area contributed by atoms with Crippen molar-refractivity contribution in [2.75, 3.05) is 13.1 Å². The number of rotatable bonds is 6. The molecule has 2 aromatic heterocycles. The molecule has 3 heterocycles. The highest BCUT2D eigenvalue weighted by Gasteiger charge is 2.32. The standard InChI is InChI=1S/C20H21F3N4O3/c21-20(22,23)30-18-9-14-7-16(10-24-19(28)27-5-1-2-6-27)26-17(14)8-13(18)3-4-15-11-29-12-25-15/h7-9,11-12,26H,1-6,10H2,(H,24,28). The maximum absolute atomic E-state index is 12.9. The van der Waals surface area contributed by atoms with Gasteiger partial charge in [-0.15, -0.1) is 13.2 Å². The Labute approximate surface area is 170 Å². The van der Waals surface area contributed by atoms with Crippen molar-refractivity contribution in [2.24, 2.45) is 0 Å². The number of likely N-dealkylation sites (tertiary alicyclic amines) is 1. The van der Waals surface area contributed by atoms with Crippen LogP contribution in [0.5, 0.6) is 5.75 Å². The van der Waals surface area contributed by atoms with Gasteiger partial charge < -0.3 is 24.4 Å². The lowest BCUT2D eigenvalue weighted by Crippen LogP contribution is -2.37. The van der Waals surface area contributed by atoms with E-state index in [1.807, 2.05) is 0 Å². The predicted octanol–water partition coefficient (Wildman–Crippen LogP) is 4.15. The van der Waals surface area contributed by atoms with Crippen LogP contribution in [0.25, 0.3) is 10.9 Å². The fourth-order valence-corrected chi connectivity index (χ4v) is 3.60. The highest BCUT2D eigenvalue weighted by Crippen LogP contribution is 2.32. The number of H-pyrrole nitrogens is 1. The molecule has 0 unspecified atom stereocenters. The van der Waals surface area contributed by atoms with E-state index in [-0.39, 0.29) is 18.3 Å². The number of ether oxygens (including phenoxy) is 1. The van der Waals surface area contributed by atoms with E-state index < -0.39 is 6.36 Å². The number of hydrogen-bond acceptors (Lipinski definition) is 4. The van der Waals surface area contributed by atoms with Crippen LogP contribution in [0.15, 0.2) is 35.3 Å². The highest BCUT2D eigenvalue weighted by atomic mass is 19.4. The predicted molar refractivity (Wildman–Crippen MR) is 102 cm³/mol. The van der Waals surface area contributed by atoms with Crippen molar-refractivity contribution in [1.29, 1.82) is 0 Å². The Bertz CT molecular complexity index is 1010. The Morgan fingerprint density at radius 1 is 1.23 bits per heavy atom. The first-order chi connectivity index (χ1) is 14.4. The highest BCUT2D eigenvalue weighted by molar-refractivity contribution is 5.83. The lowest BCUT2D eigenvalue weighted by Gasteiger charge is -2.15. The van der Waals surface area contributed by atoms with Crippen molar-refractivity contribution in [3.05, 3.63) is 47.8 Å². The third kappa shape index (κ3) is 4.87. The van der Waals surface area contributed by atoms with E-state index in [4.69, 9.17) is 4.42 Å². The molecule has 0 aliphatic carbocycles. The molecule has 1 aliphatic heterocycles. The molecule has 2 amide bonds.